The van der Waals surface area contributed by atoms with Crippen LogP contribution in [0.15, 0.2) is 12.1 Å². The van der Waals surface area contributed by atoms with Crippen LogP contribution >= 0.6 is 0 Å². The van der Waals surface area contributed by atoms with E-state index in [1.165, 1.54) is 12.1 Å². The summed E-state index contributed by atoms with van der Waals surface area (Å²) in [6, 6.07) is 2.66. The van der Waals surface area contributed by atoms with E-state index in [0.717, 1.165) is 30.9 Å². The van der Waals surface area contributed by atoms with E-state index >= 15 is 0 Å². The molecule has 2 amide bonds. The lowest BCUT2D eigenvalue weighted by atomic mass is 10.0. The van der Waals surface area contributed by atoms with Gasteiger partial charge in [-0.1, -0.05) is 27.7 Å². The molecule has 0 aliphatic carbocycles. The Labute approximate surface area is 189 Å². The van der Waals surface area contributed by atoms with E-state index in [0.29, 0.717) is 34.6 Å². The first-order valence-corrected chi connectivity index (χ1v) is 11.1. The summed E-state index contributed by atoms with van der Waals surface area (Å²) in [4.78, 5) is 30.6. The van der Waals surface area contributed by atoms with Crippen LogP contribution in [-0.4, -0.2) is 47.9 Å². The van der Waals surface area contributed by atoms with Crippen LogP contribution in [0.2, 0.25) is 0 Å². The molecule has 0 fully saturated rings. The second-order valence-corrected chi connectivity index (χ2v) is 7.38. The van der Waals surface area contributed by atoms with Crippen molar-refractivity contribution < 1.29 is 14.0 Å². The number of hydrogen-bond acceptors (Lipinski definition) is 4. The zero-order chi connectivity index (χ0) is 24.0. The number of benzene rings is 1. The number of carbonyl (C=O) groups is 2. The van der Waals surface area contributed by atoms with Crippen molar-refractivity contribution in [1.29, 1.82) is 0 Å². The second kappa shape index (κ2) is 10.9. The molecule has 0 radical (unpaired) electrons. The van der Waals surface area contributed by atoms with Crippen molar-refractivity contribution in [2.24, 2.45) is 0 Å². The van der Waals surface area contributed by atoms with Gasteiger partial charge in [-0.05, 0) is 44.6 Å². The summed E-state index contributed by atoms with van der Waals surface area (Å²) in [5.41, 5.74) is 9.63. The number of nitrogens with one attached hydrogen (secondary N) is 3. The molecule has 1 aliphatic heterocycles. The Morgan fingerprint density at radius 2 is 1.88 bits per heavy atom. The van der Waals surface area contributed by atoms with Gasteiger partial charge in [0.05, 0.1) is 22.5 Å². The van der Waals surface area contributed by atoms with E-state index in [2.05, 4.69) is 34.4 Å². The highest BCUT2D eigenvalue weighted by Gasteiger charge is 2.27. The summed E-state index contributed by atoms with van der Waals surface area (Å²) in [6.07, 6.45) is 1.67. The minimum Gasteiger partial charge on any atom is -0.396 e. The first-order valence-electron chi connectivity index (χ1n) is 11.1. The van der Waals surface area contributed by atoms with Crippen molar-refractivity contribution in [3.05, 3.63) is 46.0 Å². The smallest absolute Gasteiger partial charge is 0.256 e. The fourth-order valence-corrected chi connectivity index (χ4v) is 3.73. The van der Waals surface area contributed by atoms with Gasteiger partial charge >= 0.3 is 0 Å². The molecular weight excluding hydrogens is 409 g/mol. The molecule has 5 N–H and O–H groups in total. The van der Waals surface area contributed by atoms with Gasteiger partial charge in [-0.15, -0.1) is 0 Å². The highest BCUT2D eigenvalue weighted by Crippen LogP contribution is 2.36. The molecule has 8 heteroatoms. The monoisotopic (exact) mass is 443 g/mol. The molecule has 1 aliphatic rings. The van der Waals surface area contributed by atoms with E-state index < -0.39 is 5.82 Å². The molecule has 2 aromatic rings. The maximum atomic E-state index is 13.7. The molecule has 174 valence electrons. The zero-order valence-electron chi connectivity index (χ0n) is 19.8. The number of fused-ring (bicyclic) bond motifs is 1. The number of aryl methyl sites for hydroxylation is 1. The van der Waals surface area contributed by atoms with Crippen LogP contribution in [-0.2, 0) is 4.79 Å². The van der Waals surface area contributed by atoms with Gasteiger partial charge in [0.25, 0.3) is 11.8 Å². The number of aromatic amines is 1. The maximum absolute atomic E-state index is 13.7. The van der Waals surface area contributed by atoms with Gasteiger partial charge < -0.3 is 26.3 Å². The Kier molecular flexibility index (Phi) is 8.60. The first kappa shape index (κ1) is 25.1. The predicted molar refractivity (Wildman–Crippen MR) is 129 cm³/mol. The van der Waals surface area contributed by atoms with Crippen LogP contribution in [0.5, 0.6) is 0 Å². The molecule has 2 heterocycles. The molecule has 32 heavy (non-hydrogen) atoms. The van der Waals surface area contributed by atoms with Crippen molar-refractivity contribution >= 4 is 34.8 Å². The Morgan fingerprint density at radius 3 is 2.50 bits per heavy atom. The van der Waals surface area contributed by atoms with Gasteiger partial charge in [0.15, 0.2) is 0 Å². The fourth-order valence-electron chi connectivity index (χ4n) is 3.73. The van der Waals surface area contributed by atoms with Crippen molar-refractivity contribution in [2.45, 2.75) is 41.5 Å². The van der Waals surface area contributed by atoms with Gasteiger partial charge in [0.2, 0.25) is 0 Å². The Hall–Kier alpha value is -3.13. The van der Waals surface area contributed by atoms with E-state index in [1.807, 2.05) is 27.7 Å². The van der Waals surface area contributed by atoms with Gasteiger partial charge in [-0.3, -0.25) is 9.59 Å². The third-order valence-corrected chi connectivity index (χ3v) is 5.52. The fraction of sp³-hybridized carbons (Fsp3) is 0.417. The molecule has 7 nitrogen and oxygen atoms in total. The average Bonchev–Trinajstić information content (AvgIpc) is 3.22. The van der Waals surface area contributed by atoms with Crippen molar-refractivity contribution in [3.63, 3.8) is 0 Å². The molecule has 0 saturated carbocycles. The molecule has 0 saturated heterocycles. The summed E-state index contributed by atoms with van der Waals surface area (Å²) >= 11 is 0. The summed E-state index contributed by atoms with van der Waals surface area (Å²) in [5.74, 6) is -1.07. The molecule has 0 unspecified atom stereocenters. The molecule has 0 spiro atoms. The SMILES string of the molecule is CC.CCN(CC)CCNC(=O)c1c(C)[nH]c(/C=C2\C(=O)Nc3cc(F)c(N)cc32)c1C. The predicted octanol–water partition coefficient (Wildman–Crippen LogP) is 3.94. The minimum absolute atomic E-state index is 0.0243. The Morgan fingerprint density at radius 1 is 1.22 bits per heavy atom. The van der Waals surface area contributed by atoms with Crippen molar-refractivity contribution in [3.8, 4) is 0 Å². The van der Waals surface area contributed by atoms with Crippen molar-refractivity contribution in [1.82, 2.24) is 15.2 Å². The quantitative estimate of drug-likeness (QED) is 0.384. The highest BCUT2D eigenvalue weighted by molar-refractivity contribution is 6.35. The van der Waals surface area contributed by atoms with Gasteiger partial charge in [-0.2, -0.15) is 0 Å². The summed E-state index contributed by atoms with van der Waals surface area (Å²) in [6.45, 7) is 15.0. The molecule has 1 aromatic heterocycles. The third-order valence-electron chi connectivity index (χ3n) is 5.52. The first-order chi connectivity index (χ1) is 15.3. The number of halogens is 1. The van der Waals surface area contributed by atoms with Crippen LogP contribution in [0, 0.1) is 19.7 Å². The standard InChI is InChI=1S/C22H28FN5O2.C2H6/c1-5-28(6-2)8-7-25-22(30)20-12(3)18(26-13(20)4)10-15-14-9-17(24)16(23)11-19(14)27-21(15)29;1-2/h9-11,26H,5-8,24H2,1-4H3,(H,25,30)(H,27,29);1-2H3/b15-10-;. The lowest BCUT2D eigenvalue weighted by Gasteiger charge is -2.18. The third kappa shape index (κ3) is 5.19. The number of aromatic nitrogens is 1. The number of anilines is 2. The number of nitrogens with zero attached hydrogens (tertiary/aromatic N) is 1. The van der Waals surface area contributed by atoms with Gasteiger partial charge in [0, 0.05) is 36.1 Å². The van der Waals surface area contributed by atoms with Crippen LogP contribution < -0.4 is 16.4 Å². The molecule has 1 aromatic carbocycles. The molecule has 3 rings (SSSR count). The summed E-state index contributed by atoms with van der Waals surface area (Å²) in [5, 5.41) is 5.61. The topological polar surface area (TPSA) is 103 Å². The molecular formula is C24H34FN5O2. The molecule has 0 atom stereocenters. The summed E-state index contributed by atoms with van der Waals surface area (Å²) in [7, 11) is 0. The van der Waals surface area contributed by atoms with Crippen LogP contribution in [0.25, 0.3) is 11.6 Å². The number of carbonyl (C=O) groups excluding carboxylic acids is 2. The molecule has 0 bridgehead atoms. The second-order valence-electron chi connectivity index (χ2n) is 7.38. The average molecular weight is 444 g/mol. The summed E-state index contributed by atoms with van der Waals surface area (Å²) < 4.78 is 13.7. The number of rotatable bonds is 7. The van der Waals surface area contributed by atoms with Gasteiger partial charge in [-0.25, -0.2) is 4.39 Å². The normalized spacial score (nSPS) is 13.6. The van der Waals surface area contributed by atoms with Crippen LogP contribution in [0.4, 0.5) is 15.8 Å². The number of nitrogens with two attached hydrogens (primary N) is 1. The number of H-pyrrole nitrogens is 1. The zero-order valence-corrected chi connectivity index (χ0v) is 19.8. The van der Waals surface area contributed by atoms with E-state index in [4.69, 9.17) is 5.73 Å². The number of nitrogen functional groups attached to an aromatic ring is 1. The maximum Gasteiger partial charge on any atom is 0.256 e. The number of amides is 2. The van der Waals surface area contributed by atoms with Gasteiger partial charge in [0.1, 0.15) is 5.82 Å². The van der Waals surface area contributed by atoms with Crippen LogP contribution in [0.1, 0.15) is 60.6 Å². The van der Waals surface area contributed by atoms with E-state index in [9.17, 15) is 14.0 Å². The lowest BCUT2D eigenvalue weighted by Crippen LogP contribution is -2.35. The highest BCUT2D eigenvalue weighted by atomic mass is 19.1. The Bertz CT molecular complexity index is 1020. The number of likely N-dealkylation sites (N-methyl/N-ethyl adjacent to an activating group) is 1. The minimum atomic E-state index is -0.578. The van der Waals surface area contributed by atoms with E-state index in [1.54, 1.807) is 6.08 Å². The van der Waals surface area contributed by atoms with E-state index in [-0.39, 0.29) is 17.5 Å². The van der Waals surface area contributed by atoms with Crippen molar-refractivity contribution in [2.75, 3.05) is 37.2 Å². The number of hydrogen-bond donors (Lipinski definition) is 4. The largest absolute Gasteiger partial charge is 0.396 e. The lowest BCUT2D eigenvalue weighted by molar-refractivity contribution is -0.110. The Balaban J connectivity index is 0.00000176. The van der Waals surface area contributed by atoms with Crippen LogP contribution in [0.3, 0.4) is 0 Å².